The summed E-state index contributed by atoms with van der Waals surface area (Å²) in [7, 11) is 3.73. The Morgan fingerprint density at radius 3 is 2.43 bits per heavy atom. The Hall–Kier alpha value is -4.72. The van der Waals surface area contributed by atoms with Crippen LogP contribution >= 0.6 is 0 Å². The van der Waals surface area contributed by atoms with Crippen LogP contribution in [0.15, 0.2) is 79.0 Å². The topological polar surface area (TPSA) is 105 Å². The van der Waals surface area contributed by atoms with Crippen molar-refractivity contribution in [2.45, 2.75) is 6.54 Å². The van der Waals surface area contributed by atoms with Gasteiger partial charge in [-0.25, -0.2) is 9.78 Å². The maximum atomic E-state index is 12.6. The second kappa shape index (κ2) is 10.0. The summed E-state index contributed by atoms with van der Waals surface area (Å²) in [5.41, 5.74) is 2.78. The molecule has 0 unspecified atom stereocenters. The zero-order chi connectivity index (χ0) is 24.9. The van der Waals surface area contributed by atoms with E-state index >= 15 is 0 Å². The van der Waals surface area contributed by atoms with Crippen LogP contribution in [0.3, 0.4) is 0 Å². The first-order valence-electron chi connectivity index (χ1n) is 10.9. The molecule has 0 spiro atoms. The van der Waals surface area contributed by atoms with Crippen LogP contribution in [0.2, 0.25) is 0 Å². The summed E-state index contributed by atoms with van der Waals surface area (Å²) in [5.74, 6) is -1.63. The number of carboxylic acids is 1. The lowest BCUT2D eigenvalue weighted by molar-refractivity contribution is -0.125. The molecule has 4 aromatic rings. The molecule has 0 radical (unpaired) electrons. The van der Waals surface area contributed by atoms with Gasteiger partial charge in [0.25, 0.3) is 5.91 Å². The van der Waals surface area contributed by atoms with Crippen LogP contribution in [0.4, 0.5) is 5.82 Å². The van der Waals surface area contributed by atoms with Crippen molar-refractivity contribution in [3.8, 4) is 0 Å². The molecule has 2 N–H and O–H groups in total. The number of fused-ring (bicyclic) bond motifs is 1. The van der Waals surface area contributed by atoms with Gasteiger partial charge in [0.2, 0.25) is 5.91 Å². The highest BCUT2D eigenvalue weighted by Gasteiger charge is 2.16. The third-order valence-electron chi connectivity index (χ3n) is 5.67. The average Bonchev–Trinajstić information content (AvgIpc) is 3.18. The molecule has 35 heavy (non-hydrogen) atoms. The summed E-state index contributed by atoms with van der Waals surface area (Å²) >= 11 is 0. The maximum absolute atomic E-state index is 12.6. The lowest BCUT2D eigenvalue weighted by atomic mass is 10.1. The van der Waals surface area contributed by atoms with Crippen molar-refractivity contribution >= 4 is 40.6 Å². The number of aryl methyl sites for hydroxylation is 1. The molecule has 2 aromatic carbocycles. The number of pyridine rings is 1. The fourth-order valence-electron chi connectivity index (χ4n) is 3.74. The molecule has 0 fully saturated rings. The van der Waals surface area contributed by atoms with Gasteiger partial charge in [0.05, 0.1) is 17.7 Å². The van der Waals surface area contributed by atoms with Crippen molar-refractivity contribution in [2.24, 2.45) is 7.05 Å². The minimum Gasteiger partial charge on any atom is -0.478 e. The molecule has 2 aromatic heterocycles. The first kappa shape index (κ1) is 23.4. The molecule has 8 nitrogen and oxygen atoms in total. The normalized spacial score (nSPS) is 11.0. The van der Waals surface area contributed by atoms with Gasteiger partial charge in [0.15, 0.2) is 0 Å². The largest absolute Gasteiger partial charge is 0.478 e. The van der Waals surface area contributed by atoms with Crippen LogP contribution in [0.25, 0.3) is 17.0 Å². The Bertz CT molecular complexity index is 1440. The Labute approximate surface area is 202 Å². The number of amides is 2. The van der Waals surface area contributed by atoms with Crippen molar-refractivity contribution in [1.29, 1.82) is 0 Å². The number of carboxylic acid groups (broad SMARTS) is 1. The van der Waals surface area contributed by atoms with E-state index in [0.717, 1.165) is 16.6 Å². The summed E-state index contributed by atoms with van der Waals surface area (Å²) in [4.78, 5) is 42.2. The molecule has 2 amide bonds. The molecule has 4 rings (SSSR count). The number of anilines is 1. The number of aromatic nitrogens is 2. The van der Waals surface area contributed by atoms with Crippen LogP contribution in [0.1, 0.15) is 32.0 Å². The zero-order valence-electron chi connectivity index (χ0n) is 19.3. The Kier molecular flexibility index (Phi) is 6.73. The summed E-state index contributed by atoms with van der Waals surface area (Å²) in [5, 5.41) is 13.0. The van der Waals surface area contributed by atoms with Crippen molar-refractivity contribution in [1.82, 2.24) is 14.5 Å². The van der Waals surface area contributed by atoms with Gasteiger partial charge in [-0.1, -0.05) is 30.3 Å². The van der Waals surface area contributed by atoms with E-state index in [1.54, 1.807) is 42.3 Å². The number of likely N-dealkylation sites (N-methyl/N-ethyl adjacent to an activating group) is 1. The number of nitrogens with zero attached hydrogens (tertiary/aromatic N) is 3. The van der Waals surface area contributed by atoms with Crippen LogP contribution in [0, 0.1) is 0 Å². The first-order chi connectivity index (χ1) is 16.8. The van der Waals surface area contributed by atoms with Crippen LogP contribution in [0.5, 0.6) is 0 Å². The molecule has 0 saturated heterocycles. The summed E-state index contributed by atoms with van der Waals surface area (Å²) in [6, 6.07) is 19.4. The van der Waals surface area contributed by atoms with Gasteiger partial charge in [0.1, 0.15) is 5.82 Å². The lowest BCUT2D eigenvalue weighted by Gasteiger charge is -2.15. The van der Waals surface area contributed by atoms with Crippen molar-refractivity contribution in [2.75, 3.05) is 12.4 Å². The van der Waals surface area contributed by atoms with E-state index in [0.29, 0.717) is 12.1 Å². The van der Waals surface area contributed by atoms with Crippen molar-refractivity contribution < 1.29 is 19.5 Å². The quantitative estimate of drug-likeness (QED) is 0.396. The second-order valence-electron chi connectivity index (χ2n) is 8.06. The first-order valence-corrected chi connectivity index (χ1v) is 10.9. The molecule has 0 atom stereocenters. The SMILES string of the molecule is CN(Cc1cc2ccccc2n1C)C(=O)/C=C/c1ccc(NC(=O)c2ccccc2C(=O)O)nc1. The number of para-hydroxylation sites is 1. The molecular weight excluding hydrogens is 444 g/mol. The van der Waals surface area contributed by atoms with E-state index in [1.807, 2.05) is 31.3 Å². The van der Waals surface area contributed by atoms with E-state index < -0.39 is 11.9 Å². The number of carbonyl (C=O) groups is 3. The van der Waals surface area contributed by atoms with E-state index in [9.17, 15) is 19.5 Å². The van der Waals surface area contributed by atoms with E-state index in [4.69, 9.17) is 0 Å². The Morgan fingerprint density at radius 2 is 1.74 bits per heavy atom. The Balaban J connectivity index is 1.38. The number of benzene rings is 2. The third kappa shape index (κ3) is 5.27. The van der Waals surface area contributed by atoms with E-state index in [1.165, 1.54) is 24.4 Å². The average molecular weight is 469 g/mol. The van der Waals surface area contributed by atoms with Gasteiger partial charge in [-0.15, -0.1) is 0 Å². The highest BCUT2D eigenvalue weighted by Crippen LogP contribution is 2.19. The molecule has 8 heteroatoms. The third-order valence-corrected chi connectivity index (χ3v) is 5.67. The van der Waals surface area contributed by atoms with Gasteiger partial charge >= 0.3 is 5.97 Å². The second-order valence-corrected chi connectivity index (χ2v) is 8.06. The molecular formula is C27H24N4O4. The number of aromatic carboxylic acids is 1. The molecule has 0 aliphatic carbocycles. The summed E-state index contributed by atoms with van der Waals surface area (Å²) in [6.45, 7) is 0.468. The van der Waals surface area contributed by atoms with Crippen molar-refractivity contribution in [3.05, 3.63) is 101 Å². The molecule has 0 saturated carbocycles. The fourth-order valence-corrected chi connectivity index (χ4v) is 3.74. The number of carbonyl (C=O) groups excluding carboxylic acids is 2. The van der Waals surface area contributed by atoms with Gasteiger partial charge in [-0.2, -0.15) is 0 Å². The molecule has 0 bridgehead atoms. The number of rotatable bonds is 7. The number of hydrogen-bond donors (Lipinski definition) is 2. The highest BCUT2D eigenvalue weighted by atomic mass is 16.4. The number of nitrogens with one attached hydrogen (secondary N) is 1. The minimum atomic E-state index is -1.18. The molecule has 2 heterocycles. The van der Waals surface area contributed by atoms with Gasteiger partial charge in [0, 0.05) is 37.6 Å². The Morgan fingerprint density at radius 1 is 1.03 bits per heavy atom. The number of hydrogen-bond acceptors (Lipinski definition) is 4. The van der Waals surface area contributed by atoms with E-state index in [-0.39, 0.29) is 22.9 Å². The van der Waals surface area contributed by atoms with Crippen LogP contribution < -0.4 is 5.32 Å². The highest BCUT2D eigenvalue weighted by molar-refractivity contribution is 6.10. The predicted octanol–water partition coefficient (Wildman–Crippen LogP) is 4.20. The van der Waals surface area contributed by atoms with Gasteiger partial charge in [-0.3, -0.25) is 9.59 Å². The summed E-state index contributed by atoms with van der Waals surface area (Å²) in [6.07, 6.45) is 4.64. The maximum Gasteiger partial charge on any atom is 0.336 e. The monoisotopic (exact) mass is 468 g/mol. The molecule has 0 aliphatic heterocycles. The van der Waals surface area contributed by atoms with Crippen LogP contribution in [-0.4, -0.2) is 44.4 Å². The summed E-state index contributed by atoms with van der Waals surface area (Å²) < 4.78 is 2.08. The standard InChI is InChI=1S/C27H24N4O4/c1-30(17-20-15-19-7-3-6-10-23(19)31(20)2)25(32)14-12-18-11-13-24(28-16-18)29-26(33)21-8-4-5-9-22(21)27(34)35/h3-16H,17H2,1-2H3,(H,34,35)(H,28,29,33)/b14-12+. The minimum absolute atomic E-state index is 0.0468. The predicted molar refractivity (Wildman–Crippen MR) is 134 cm³/mol. The molecule has 0 aliphatic rings. The van der Waals surface area contributed by atoms with Gasteiger partial charge in [-0.05, 0) is 53.4 Å². The zero-order valence-corrected chi connectivity index (χ0v) is 19.3. The molecule has 176 valence electrons. The van der Waals surface area contributed by atoms with Gasteiger partial charge < -0.3 is 19.9 Å². The fraction of sp³-hybridized carbons (Fsp3) is 0.111. The van der Waals surface area contributed by atoms with Crippen molar-refractivity contribution in [3.63, 3.8) is 0 Å². The van der Waals surface area contributed by atoms with E-state index in [2.05, 4.69) is 20.9 Å². The lowest BCUT2D eigenvalue weighted by Crippen LogP contribution is -2.25. The smallest absolute Gasteiger partial charge is 0.336 e. The van der Waals surface area contributed by atoms with Crippen LogP contribution in [-0.2, 0) is 18.4 Å².